The van der Waals surface area contributed by atoms with E-state index in [0.717, 1.165) is 6.42 Å². The van der Waals surface area contributed by atoms with Crippen LogP contribution in [0.25, 0.3) is 10.4 Å². The van der Waals surface area contributed by atoms with E-state index in [-0.39, 0.29) is 5.41 Å². The Bertz CT molecular complexity index is 508. The van der Waals surface area contributed by atoms with E-state index < -0.39 is 0 Å². The van der Waals surface area contributed by atoms with Crippen molar-refractivity contribution in [3.8, 4) is 10.4 Å². The smallest absolute Gasteiger partial charge is 0.0346 e. The molecule has 0 aliphatic carbocycles. The fraction of sp³-hybridized carbons (Fsp3) is 0.375. The van der Waals surface area contributed by atoms with Gasteiger partial charge in [-0.15, -0.1) is 11.3 Å². The normalized spacial score (nSPS) is 11.8. The molecule has 0 aliphatic rings. The van der Waals surface area contributed by atoms with E-state index >= 15 is 0 Å². The highest BCUT2D eigenvalue weighted by molar-refractivity contribution is 7.15. The molecule has 96 valence electrons. The summed E-state index contributed by atoms with van der Waals surface area (Å²) in [5.41, 5.74) is 8.61. The number of thiophene rings is 1. The lowest BCUT2D eigenvalue weighted by Gasteiger charge is -2.23. The molecular formula is C16H21NS. The Hall–Kier alpha value is -1.12. The second-order valence-corrected chi connectivity index (χ2v) is 6.45. The molecule has 2 N–H and O–H groups in total. The largest absolute Gasteiger partial charge is 0.326 e. The molecule has 0 atom stereocenters. The summed E-state index contributed by atoms with van der Waals surface area (Å²) in [5.74, 6) is 0. The number of benzene rings is 1. The van der Waals surface area contributed by atoms with E-state index in [4.69, 9.17) is 5.73 Å². The van der Waals surface area contributed by atoms with Gasteiger partial charge in [0.15, 0.2) is 0 Å². The maximum atomic E-state index is 5.65. The van der Waals surface area contributed by atoms with Crippen molar-refractivity contribution in [3.63, 3.8) is 0 Å². The molecule has 0 bridgehead atoms. The first-order valence-corrected chi connectivity index (χ1v) is 7.28. The molecule has 0 aliphatic heterocycles. The predicted octanol–water partition coefficient (Wildman–Crippen LogP) is 4.56. The zero-order valence-electron chi connectivity index (χ0n) is 11.4. The van der Waals surface area contributed by atoms with Gasteiger partial charge < -0.3 is 5.73 Å². The minimum Gasteiger partial charge on any atom is -0.326 e. The lowest BCUT2D eigenvalue weighted by molar-refractivity contribution is 0.506. The van der Waals surface area contributed by atoms with Gasteiger partial charge in [0.2, 0.25) is 0 Å². The predicted molar refractivity (Wildman–Crippen MR) is 81.0 cm³/mol. The van der Waals surface area contributed by atoms with Crippen molar-refractivity contribution in [3.05, 3.63) is 46.8 Å². The molecule has 2 rings (SSSR count). The Morgan fingerprint density at radius 3 is 2.22 bits per heavy atom. The van der Waals surface area contributed by atoms with Crippen molar-refractivity contribution in [2.24, 2.45) is 5.73 Å². The molecule has 18 heavy (non-hydrogen) atoms. The summed E-state index contributed by atoms with van der Waals surface area (Å²) >= 11 is 1.78. The standard InChI is InChI=1S/C16H21NS/c1-4-16(2,3)13-7-5-12(6-8-13)15-10-9-14(11-17)18-15/h5-10H,4,11,17H2,1-3H3. The van der Waals surface area contributed by atoms with E-state index in [1.807, 2.05) is 0 Å². The molecule has 1 aromatic heterocycles. The first-order valence-electron chi connectivity index (χ1n) is 6.46. The van der Waals surface area contributed by atoms with Crippen LogP contribution in [0, 0.1) is 0 Å². The van der Waals surface area contributed by atoms with E-state index in [0.29, 0.717) is 6.54 Å². The van der Waals surface area contributed by atoms with Crippen LogP contribution in [-0.2, 0) is 12.0 Å². The Morgan fingerprint density at radius 1 is 1.06 bits per heavy atom. The first-order chi connectivity index (χ1) is 8.56. The Kier molecular flexibility index (Phi) is 3.88. The van der Waals surface area contributed by atoms with Gasteiger partial charge in [0.1, 0.15) is 0 Å². The zero-order chi connectivity index (χ0) is 13.2. The summed E-state index contributed by atoms with van der Waals surface area (Å²) in [6.07, 6.45) is 1.16. The lowest BCUT2D eigenvalue weighted by Crippen LogP contribution is -2.14. The molecule has 1 aromatic carbocycles. The molecule has 0 saturated carbocycles. The average Bonchev–Trinajstić information content (AvgIpc) is 2.87. The van der Waals surface area contributed by atoms with Gasteiger partial charge in [-0.3, -0.25) is 0 Å². The Labute approximate surface area is 114 Å². The van der Waals surface area contributed by atoms with Crippen LogP contribution >= 0.6 is 11.3 Å². The number of hydrogen-bond donors (Lipinski definition) is 1. The Morgan fingerprint density at radius 2 is 1.72 bits per heavy atom. The lowest BCUT2D eigenvalue weighted by atomic mass is 9.82. The quantitative estimate of drug-likeness (QED) is 0.855. The zero-order valence-corrected chi connectivity index (χ0v) is 12.2. The molecule has 1 heterocycles. The van der Waals surface area contributed by atoms with E-state index in [1.165, 1.54) is 20.9 Å². The molecule has 0 spiro atoms. The van der Waals surface area contributed by atoms with Crippen LogP contribution < -0.4 is 5.73 Å². The fourth-order valence-corrected chi connectivity index (χ4v) is 2.82. The highest BCUT2D eigenvalue weighted by Crippen LogP contribution is 2.31. The molecule has 1 nitrogen and oxygen atoms in total. The summed E-state index contributed by atoms with van der Waals surface area (Å²) in [5, 5.41) is 0. The van der Waals surface area contributed by atoms with Crippen LogP contribution in [0.5, 0.6) is 0 Å². The second kappa shape index (κ2) is 5.25. The van der Waals surface area contributed by atoms with E-state index in [2.05, 4.69) is 57.2 Å². The van der Waals surface area contributed by atoms with Gasteiger partial charge in [0, 0.05) is 16.3 Å². The minimum atomic E-state index is 0.260. The van der Waals surface area contributed by atoms with Crippen LogP contribution in [-0.4, -0.2) is 0 Å². The second-order valence-electron chi connectivity index (χ2n) is 5.28. The van der Waals surface area contributed by atoms with Crippen molar-refractivity contribution < 1.29 is 0 Å². The van der Waals surface area contributed by atoms with Crippen molar-refractivity contribution in [1.82, 2.24) is 0 Å². The summed E-state index contributed by atoms with van der Waals surface area (Å²) in [4.78, 5) is 2.54. The molecule has 0 fully saturated rings. The summed E-state index contributed by atoms with van der Waals surface area (Å²) < 4.78 is 0. The SMILES string of the molecule is CCC(C)(C)c1ccc(-c2ccc(CN)s2)cc1. The maximum absolute atomic E-state index is 5.65. The number of rotatable bonds is 4. The van der Waals surface area contributed by atoms with Gasteiger partial charge >= 0.3 is 0 Å². The third kappa shape index (κ3) is 2.65. The molecule has 0 radical (unpaired) electrons. The minimum absolute atomic E-state index is 0.260. The van der Waals surface area contributed by atoms with Crippen molar-refractivity contribution >= 4 is 11.3 Å². The molecular weight excluding hydrogens is 238 g/mol. The third-order valence-corrected chi connectivity index (χ3v) is 4.85. The van der Waals surface area contributed by atoms with E-state index in [9.17, 15) is 0 Å². The number of nitrogens with two attached hydrogens (primary N) is 1. The monoisotopic (exact) mass is 259 g/mol. The van der Waals surface area contributed by atoms with Crippen molar-refractivity contribution in [1.29, 1.82) is 0 Å². The van der Waals surface area contributed by atoms with Crippen LogP contribution in [0.1, 0.15) is 37.6 Å². The molecule has 0 unspecified atom stereocenters. The van der Waals surface area contributed by atoms with Gasteiger partial charge in [-0.2, -0.15) is 0 Å². The highest BCUT2D eigenvalue weighted by Gasteiger charge is 2.17. The summed E-state index contributed by atoms with van der Waals surface area (Å²) in [7, 11) is 0. The van der Waals surface area contributed by atoms with Gasteiger partial charge in [-0.05, 0) is 35.1 Å². The van der Waals surface area contributed by atoms with Crippen LogP contribution in [0.2, 0.25) is 0 Å². The molecule has 0 amide bonds. The number of hydrogen-bond acceptors (Lipinski definition) is 2. The topological polar surface area (TPSA) is 26.0 Å². The summed E-state index contributed by atoms with van der Waals surface area (Å²) in [6, 6.07) is 13.2. The van der Waals surface area contributed by atoms with Crippen molar-refractivity contribution in [2.45, 2.75) is 39.2 Å². The Balaban J connectivity index is 2.27. The molecule has 2 aromatic rings. The molecule has 2 heteroatoms. The highest BCUT2D eigenvalue weighted by atomic mass is 32.1. The van der Waals surface area contributed by atoms with Crippen LogP contribution in [0.15, 0.2) is 36.4 Å². The first kappa shape index (κ1) is 13.3. The van der Waals surface area contributed by atoms with Gasteiger partial charge in [-0.1, -0.05) is 45.0 Å². The van der Waals surface area contributed by atoms with Crippen LogP contribution in [0.3, 0.4) is 0 Å². The summed E-state index contributed by atoms with van der Waals surface area (Å²) in [6.45, 7) is 7.45. The maximum Gasteiger partial charge on any atom is 0.0346 e. The van der Waals surface area contributed by atoms with Crippen molar-refractivity contribution in [2.75, 3.05) is 0 Å². The van der Waals surface area contributed by atoms with Gasteiger partial charge in [0.25, 0.3) is 0 Å². The van der Waals surface area contributed by atoms with Crippen LogP contribution in [0.4, 0.5) is 0 Å². The van der Waals surface area contributed by atoms with E-state index in [1.54, 1.807) is 11.3 Å². The third-order valence-electron chi connectivity index (χ3n) is 3.70. The average molecular weight is 259 g/mol. The fourth-order valence-electron chi connectivity index (χ4n) is 1.93. The van der Waals surface area contributed by atoms with Gasteiger partial charge in [0.05, 0.1) is 0 Å². The molecule has 0 saturated heterocycles. The van der Waals surface area contributed by atoms with Gasteiger partial charge in [-0.25, -0.2) is 0 Å².